The number of H-pyrrole nitrogens is 1. The lowest BCUT2D eigenvalue weighted by molar-refractivity contribution is -0.125. The minimum absolute atomic E-state index is 0.0593. The standard InChI is InChI=1S/C23H20N6O2/c1-2-21(30)29-10-9-18(14-29)28-23-19-12-17(27-22(19)25-15-26-23)7-5-11-31-20-8-4-3-6-16(20)13-24/h2-4,6,8,12,15,18H,1,9-11,14H2,(H2,25,26,27,28)/t18-/m1/s1. The van der Waals surface area contributed by atoms with E-state index in [1.54, 1.807) is 23.1 Å². The van der Waals surface area contributed by atoms with Crippen molar-refractivity contribution in [3.63, 3.8) is 0 Å². The van der Waals surface area contributed by atoms with Gasteiger partial charge in [0.1, 0.15) is 36.2 Å². The molecular formula is C23H20N6O2. The van der Waals surface area contributed by atoms with E-state index in [4.69, 9.17) is 10.00 Å². The van der Waals surface area contributed by atoms with Gasteiger partial charge >= 0.3 is 0 Å². The van der Waals surface area contributed by atoms with Crippen LogP contribution in [0.1, 0.15) is 17.7 Å². The van der Waals surface area contributed by atoms with Crippen molar-refractivity contribution >= 4 is 22.8 Å². The molecule has 1 amide bonds. The molecule has 1 aromatic carbocycles. The Labute approximate surface area is 179 Å². The van der Waals surface area contributed by atoms with E-state index >= 15 is 0 Å². The lowest BCUT2D eigenvalue weighted by Crippen LogP contribution is -2.30. The van der Waals surface area contributed by atoms with E-state index in [1.807, 2.05) is 12.1 Å². The Morgan fingerprint density at radius 1 is 1.42 bits per heavy atom. The molecule has 3 aromatic rings. The van der Waals surface area contributed by atoms with E-state index in [0.29, 0.717) is 41.6 Å². The summed E-state index contributed by atoms with van der Waals surface area (Å²) in [5.41, 5.74) is 1.83. The van der Waals surface area contributed by atoms with Crippen LogP contribution < -0.4 is 10.1 Å². The minimum Gasteiger partial charge on any atom is -0.480 e. The summed E-state index contributed by atoms with van der Waals surface area (Å²) in [5, 5.41) is 13.3. The van der Waals surface area contributed by atoms with Crippen molar-refractivity contribution in [3.05, 3.63) is 60.6 Å². The van der Waals surface area contributed by atoms with Gasteiger partial charge in [0.25, 0.3) is 0 Å². The van der Waals surface area contributed by atoms with Crippen LogP contribution in [0.15, 0.2) is 49.3 Å². The second-order valence-electron chi connectivity index (χ2n) is 6.98. The zero-order chi connectivity index (χ0) is 21.6. The van der Waals surface area contributed by atoms with Gasteiger partial charge in [0.15, 0.2) is 0 Å². The van der Waals surface area contributed by atoms with Crippen molar-refractivity contribution in [1.29, 1.82) is 5.26 Å². The number of hydrogen-bond donors (Lipinski definition) is 2. The lowest BCUT2D eigenvalue weighted by atomic mass is 10.2. The van der Waals surface area contributed by atoms with Crippen molar-refractivity contribution in [3.8, 4) is 23.7 Å². The molecule has 1 aliphatic rings. The monoisotopic (exact) mass is 412 g/mol. The zero-order valence-electron chi connectivity index (χ0n) is 16.8. The van der Waals surface area contributed by atoms with Gasteiger partial charge in [0.2, 0.25) is 5.91 Å². The molecule has 1 aliphatic heterocycles. The number of aromatic nitrogens is 3. The molecule has 0 aliphatic carbocycles. The second-order valence-corrected chi connectivity index (χ2v) is 6.98. The molecule has 0 saturated carbocycles. The van der Waals surface area contributed by atoms with Crippen LogP contribution in [0.25, 0.3) is 11.0 Å². The summed E-state index contributed by atoms with van der Waals surface area (Å²) in [7, 11) is 0. The van der Waals surface area contributed by atoms with Crippen LogP contribution in [0.2, 0.25) is 0 Å². The first-order valence-corrected chi connectivity index (χ1v) is 9.80. The lowest BCUT2D eigenvalue weighted by Gasteiger charge is -2.15. The maximum Gasteiger partial charge on any atom is 0.246 e. The van der Waals surface area contributed by atoms with Crippen LogP contribution in [-0.2, 0) is 4.79 Å². The fourth-order valence-electron chi connectivity index (χ4n) is 3.45. The Balaban J connectivity index is 1.44. The zero-order valence-corrected chi connectivity index (χ0v) is 16.8. The molecule has 31 heavy (non-hydrogen) atoms. The molecule has 4 rings (SSSR count). The molecule has 0 bridgehead atoms. The Morgan fingerprint density at radius 3 is 3.13 bits per heavy atom. The van der Waals surface area contributed by atoms with Gasteiger partial charge in [-0.1, -0.05) is 24.6 Å². The molecule has 8 heteroatoms. The Morgan fingerprint density at radius 2 is 2.29 bits per heavy atom. The topological polar surface area (TPSA) is 107 Å². The van der Waals surface area contributed by atoms with Crippen molar-refractivity contribution in [1.82, 2.24) is 19.9 Å². The average Bonchev–Trinajstić information content (AvgIpc) is 3.44. The molecule has 154 valence electrons. The number of amides is 1. The van der Waals surface area contributed by atoms with Crippen LogP contribution >= 0.6 is 0 Å². The predicted molar refractivity (Wildman–Crippen MR) is 116 cm³/mol. The summed E-state index contributed by atoms with van der Waals surface area (Å²) >= 11 is 0. The smallest absolute Gasteiger partial charge is 0.246 e. The summed E-state index contributed by atoms with van der Waals surface area (Å²) in [6.07, 6.45) is 3.66. The third kappa shape index (κ3) is 4.49. The molecule has 0 unspecified atom stereocenters. The van der Waals surface area contributed by atoms with Gasteiger partial charge in [-0.05, 0) is 36.6 Å². The first-order chi connectivity index (χ1) is 15.2. The number of benzene rings is 1. The number of nitrogens with zero attached hydrogens (tertiary/aromatic N) is 4. The normalized spacial score (nSPS) is 15.1. The number of para-hydroxylation sites is 1. The number of nitrogens with one attached hydrogen (secondary N) is 2. The third-order valence-corrected chi connectivity index (χ3v) is 4.97. The maximum atomic E-state index is 11.8. The van der Waals surface area contributed by atoms with Crippen molar-refractivity contribution in [2.75, 3.05) is 25.0 Å². The summed E-state index contributed by atoms with van der Waals surface area (Å²) in [4.78, 5) is 25.4. The number of hydrogen-bond acceptors (Lipinski definition) is 6. The highest BCUT2D eigenvalue weighted by molar-refractivity contribution is 5.89. The molecule has 2 N–H and O–H groups in total. The van der Waals surface area contributed by atoms with E-state index in [2.05, 4.69) is 44.8 Å². The van der Waals surface area contributed by atoms with E-state index in [-0.39, 0.29) is 18.6 Å². The molecule has 0 spiro atoms. The van der Waals surface area contributed by atoms with Gasteiger partial charge < -0.3 is 19.9 Å². The number of likely N-dealkylation sites (tertiary alicyclic amines) is 1. The van der Waals surface area contributed by atoms with Gasteiger partial charge in [0.05, 0.1) is 16.6 Å². The summed E-state index contributed by atoms with van der Waals surface area (Å²) in [6.45, 7) is 4.99. The highest BCUT2D eigenvalue weighted by atomic mass is 16.5. The number of anilines is 1. The molecular weight excluding hydrogens is 392 g/mol. The minimum atomic E-state index is -0.0593. The third-order valence-electron chi connectivity index (χ3n) is 4.97. The van der Waals surface area contributed by atoms with E-state index in [0.717, 1.165) is 11.8 Å². The van der Waals surface area contributed by atoms with Gasteiger partial charge in [-0.2, -0.15) is 5.26 Å². The summed E-state index contributed by atoms with van der Waals surface area (Å²) in [5.74, 6) is 7.11. The highest BCUT2D eigenvalue weighted by Crippen LogP contribution is 2.23. The van der Waals surface area contributed by atoms with Gasteiger partial charge in [-0.15, -0.1) is 0 Å². The molecule has 8 nitrogen and oxygen atoms in total. The van der Waals surface area contributed by atoms with Crippen LogP contribution in [0.4, 0.5) is 5.82 Å². The molecule has 1 fully saturated rings. The first-order valence-electron chi connectivity index (χ1n) is 9.80. The van der Waals surface area contributed by atoms with Crippen LogP contribution in [-0.4, -0.2) is 51.5 Å². The molecule has 1 saturated heterocycles. The highest BCUT2D eigenvalue weighted by Gasteiger charge is 2.25. The first kappa shape index (κ1) is 20.0. The van der Waals surface area contributed by atoms with E-state index < -0.39 is 0 Å². The van der Waals surface area contributed by atoms with Gasteiger partial charge in [0, 0.05) is 19.1 Å². The number of carbonyl (C=O) groups excluding carboxylic acids is 1. The quantitative estimate of drug-likeness (QED) is 0.492. The largest absolute Gasteiger partial charge is 0.480 e. The fourth-order valence-corrected chi connectivity index (χ4v) is 3.45. The van der Waals surface area contributed by atoms with Gasteiger partial charge in [-0.3, -0.25) is 4.79 Å². The summed E-state index contributed by atoms with van der Waals surface area (Å²) < 4.78 is 5.59. The number of nitriles is 1. The van der Waals surface area contributed by atoms with Crippen molar-refractivity contribution in [2.24, 2.45) is 0 Å². The number of carbonyl (C=O) groups is 1. The van der Waals surface area contributed by atoms with E-state index in [9.17, 15) is 4.79 Å². The average molecular weight is 412 g/mol. The number of fused-ring (bicyclic) bond motifs is 1. The van der Waals surface area contributed by atoms with Crippen LogP contribution in [0, 0.1) is 23.2 Å². The maximum absolute atomic E-state index is 11.8. The SMILES string of the molecule is C=CC(=O)N1CC[C@@H](Nc2ncnc3[nH]c(C#CCOc4ccccc4C#N)cc23)C1. The second kappa shape index (κ2) is 9.02. The van der Waals surface area contributed by atoms with Gasteiger partial charge in [-0.25, -0.2) is 9.97 Å². The molecule has 0 radical (unpaired) electrons. The molecule has 1 atom stereocenters. The fraction of sp³-hybridized carbons (Fsp3) is 0.217. The van der Waals surface area contributed by atoms with Crippen molar-refractivity contribution in [2.45, 2.75) is 12.5 Å². The Kier molecular flexibility index (Phi) is 5.82. The van der Waals surface area contributed by atoms with Crippen LogP contribution in [0.3, 0.4) is 0 Å². The van der Waals surface area contributed by atoms with Crippen LogP contribution in [0.5, 0.6) is 5.75 Å². The number of rotatable bonds is 5. The number of aromatic amines is 1. The summed E-state index contributed by atoms with van der Waals surface area (Å²) in [6, 6.07) is 11.1. The predicted octanol–water partition coefficient (Wildman–Crippen LogP) is 2.46. The molecule has 2 aromatic heterocycles. The molecule has 3 heterocycles. The van der Waals surface area contributed by atoms with E-state index in [1.165, 1.54) is 12.4 Å². The Bertz CT molecular complexity index is 1230. The van der Waals surface area contributed by atoms with Crippen molar-refractivity contribution < 1.29 is 9.53 Å². The number of ether oxygens (including phenoxy) is 1. The Hall–Kier alpha value is -4.30.